The zero-order valence-electron chi connectivity index (χ0n) is 12.0. The summed E-state index contributed by atoms with van der Waals surface area (Å²) in [6, 6.07) is 11.3. The average molecular weight is 270 g/mol. The van der Waals surface area contributed by atoms with Crippen molar-refractivity contribution < 1.29 is 0 Å². The van der Waals surface area contributed by atoms with E-state index in [-0.39, 0.29) is 0 Å². The molecule has 0 bridgehead atoms. The Balaban J connectivity index is 1.66. The van der Waals surface area contributed by atoms with Gasteiger partial charge in [-0.3, -0.25) is 4.90 Å². The molecule has 106 valence electrons. The number of likely N-dealkylation sites (tertiary alicyclic amines) is 1. The minimum atomic E-state index is 0.686. The van der Waals surface area contributed by atoms with E-state index in [0.29, 0.717) is 6.04 Å². The Kier molecular flexibility index (Phi) is 4.14. The molecule has 0 amide bonds. The van der Waals surface area contributed by atoms with E-state index >= 15 is 0 Å². The van der Waals surface area contributed by atoms with E-state index < -0.39 is 0 Å². The first-order valence-corrected chi connectivity index (χ1v) is 7.34. The number of aromatic nitrogens is 2. The molecule has 1 N–H and O–H groups in total. The topological polar surface area (TPSA) is 33.1 Å². The summed E-state index contributed by atoms with van der Waals surface area (Å²) in [7, 11) is 2.04. The number of nitrogens with zero attached hydrogens (tertiary/aromatic N) is 3. The summed E-state index contributed by atoms with van der Waals surface area (Å²) in [4.78, 5) is 2.58. The largest absolute Gasteiger partial charge is 0.318 e. The molecule has 1 aliphatic heterocycles. The van der Waals surface area contributed by atoms with E-state index in [1.54, 1.807) is 6.20 Å². The summed E-state index contributed by atoms with van der Waals surface area (Å²) in [5.74, 6) is 0. The van der Waals surface area contributed by atoms with Gasteiger partial charge in [-0.05, 0) is 50.2 Å². The molecule has 1 atom stereocenters. The van der Waals surface area contributed by atoms with Crippen LogP contribution in [-0.2, 0) is 6.54 Å². The zero-order chi connectivity index (χ0) is 13.8. The fourth-order valence-corrected chi connectivity index (χ4v) is 2.98. The first-order chi connectivity index (χ1) is 9.86. The van der Waals surface area contributed by atoms with E-state index in [4.69, 9.17) is 0 Å². The number of hydrogen-bond donors (Lipinski definition) is 1. The molecule has 2 heterocycles. The number of hydrogen-bond acceptors (Lipinski definition) is 3. The van der Waals surface area contributed by atoms with Crippen molar-refractivity contribution in [1.29, 1.82) is 0 Å². The lowest BCUT2D eigenvalue weighted by Gasteiger charge is -2.24. The van der Waals surface area contributed by atoms with Crippen LogP contribution in [0.4, 0.5) is 0 Å². The van der Waals surface area contributed by atoms with E-state index in [2.05, 4.69) is 39.6 Å². The second-order valence-corrected chi connectivity index (χ2v) is 5.44. The zero-order valence-corrected chi connectivity index (χ0v) is 12.0. The van der Waals surface area contributed by atoms with Crippen LogP contribution in [0.1, 0.15) is 18.4 Å². The Morgan fingerprint density at radius 3 is 2.85 bits per heavy atom. The highest BCUT2D eigenvalue weighted by Crippen LogP contribution is 2.20. The molecule has 0 aliphatic carbocycles. The Morgan fingerprint density at radius 2 is 2.15 bits per heavy atom. The van der Waals surface area contributed by atoms with E-state index in [9.17, 15) is 0 Å². The normalized spacial score (nSPS) is 19.6. The molecule has 1 unspecified atom stereocenters. The van der Waals surface area contributed by atoms with Crippen molar-refractivity contribution in [2.75, 3.05) is 20.1 Å². The van der Waals surface area contributed by atoms with Gasteiger partial charge in [0.25, 0.3) is 0 Å². The van der Waals surface area contributed by atoms with Crippen LogP contribution in [0.25, 0.3) is 5.69 Å². The number of nitrogens with one attached hydrogen (secondary N) is 1. The van der Waals surface area contributed by atoms with Gasteiger partial charge >= 0.3 is 0 Å². The molecule has 0 saturated carbocycles. The molecule has 0 spiro atoms. The van der Waals surface area contributed by atoms with Crippen LogP contribution in [-0.4, -0.2) is 40.9 Å². The van der Waals surface area contributed by atoms with Crippen molar-refractivity contribution in [2.24, 2.45) is 0 Å². The lowest BCUT2D eigenvalue weighted by molar-refractivity contribution is 0.242. The fourth-order valence-electron chi connectivity index (χ4n) is 2.98. The Hall–Kier alpha value is -1.65. The van der Waals surface area contributed by atoms with Gasteiger partial charge in [-0.15, -0.1) is 0 Å². The number of rotatable bonds is 5. The number of benzene rings is 1. The predicted molar refractivity (Wildman–Crippen MR) is 80.9 cm³/mol. The van der Waals surface area contributed by atoms with Crippen LogP contribution in [0, 0.1) is 0 Å². The van der Waals surface area contributed by atoms with Crippen molar-refractivity contribution in [3.05, 3.63) is 48.3 Å². The van der Waals surface area contributed by atoms with Crippen LogP contribution < -0.4 is 5.32 Å². The summed E-state index contributed by atoms with van der Waals surface area (Å²) < 4.78 is 1.89. The van der Waals surface area contributed by atoms with Gasteiger partial charge in [-0.1, -0.05) is 12.1 Å². The highest BCUT2D eigenvalue weighted by Gasteiger charge is 2.23. The molecule has 1 saturated heterocycles. The van der Waals surface area contributed by atoms with Crippen molar-refractivity contribution >= 4 is 0 Å². The molecule has 4 heteroatoms. The Labute approximate surface area is 120 Å². The lowest BCUT2D eigenvalue weighted by atomic mass is 10.1. The molecule has 0 radical (unpaired) electrons. The maximum atomic E-state index is 4.25. The van der Waals surface area contributed by atoms with Gasteiger partial charge in [0, 0.05) is 31.5 Å². The van der Waals surface area contributed by atoms with Gasteiger partial charge in [0.2, 0.25) is 0 Å². The summed E-state index contributed by atoms with van der Waals surface area (Å²) in [6.45, 7) is 3.35. The second kappa shape index (κ2) is 6.20. The number of likely N-dealkylation sites (N-methyl/N-ethyl adjacent to an activating group) is 1. The Bertz CT molecular complexity index is 518. The van der Waals surface area contributed by atoms with E-state index in [0.717, 1.165) is 18.8 Å². The molecule has 1 aromatic heterocycles. The van der Waals surface area contributed by atoms with Crippen LogP contribution in [0.15, 0.2) is 42.7 Å². The summed E-state index contributed by atoms with van der Waals surface area (Å²) in [5, 5.41) is 7.55. The monoisotopic (exact) mass is 270 g/mol. The Morgan fingerprint density at radius 1 is 1.30 bits per heavy atom. The van der Waals surface area contributed by atoms with Crippen molar-refractivity contribution in [1.82, 2.24) is 20.0 Å². The van der Waals surface area contributed by atoms with E-state index in [1.165, 1.54) is 24.9 Å². The summed E-state index contributed by atoms with van der Waals surface area (Å²) >= 11 is 0. The average Bonchev–Trinajstić information content (AvgIpc) is 3.13. The quantitative estimate of drug-likeness (QED) is 0.903. The summed E-state index contributed by atoms with van der Waals surface area (Å²) in [6.07, 6.45) is 6.41. The lowest BCUT2D eigenvalue weighted by Crippen LogP contribution is -2.36. The first kappa shape index (κ1) is 13.3. The highest BCUT2D eigenvalue weighted by molar-refractivity contribution is 5.33. The maximum Gasteiger partial charge on any atom is 0.0645 e. The second-order valence-electron chi connectivity index (χ2n) is 5.44. The highest BCUT2D eigenvalue weighted by atomic mass is 15.3. The third kappa shape index (κ3) is 2.92. The third-order valence-corrected chi connectivity index (χ3v) is 4.03. The van der Waals surface area contributed by atoms with Crippen molar-refractivity contribution in [2.45, 2.75) is 25.4 Å². The minimum absolute atomic E-state index is 0.686. The van der Waals surface area contributed by atoms with Crippen molar-refractivity contribution in [3.63, 3.8) is 0 Å². The molecule has 4 nitrogen and oxygen atoms in total. The molecular formula is C16H22N4. The van der Waals surface area contributed by atoms with Crippen LogP contribution in [0.5, 0.6) is 0 Å². The smallest absolute Gasteiger partial charge is 0.0645 e. The molecule has 3 rings (SSSR count). The molecule has 2 aromatic rings. The standard InChI is InChI=1S/C16H22N4/c1-17-12-16-4-2-10-19(16)13-14-5-7-15(8-6-14)20-11-3-9-18-20/h3,5-9,11,16-17H,2,4,10,12-13H2,1H3. The predicted octanol–water partition coefficient (Wildman–Crippen LogP) is 2.06. The van der Waals surface area contributed by atoms with Gasteiger partial charge < -0.3 is 5.32 Å². The third-order valence-electron chi connectivity index (χ3n) is 4.03. The molecule has 1 fully saturated rings. The summed E-state index contributed by atoms with van der Waals surface area (Å²) in [5.41, 5.74) is 2.50. The van der Waals surface area contributed by atoms with Gasteiger partial charge in [0.1, 0.15) is 0 Å². The van der Waals surface area contributed by atoms with Gasteiger partial charge in [-0.25, -0.2) is 4.68 Å². The maximum absolute atomic E-state index is 4.25. The van der Waals surface area contributed by atoms with Crippen LogP contribution in [0.3, 0.4) is 0 Å². The molecular weight excluding hydrogens is 248 g/mol. The van der Waals surface area contributed by atoms with Crippen molar-refractivity contribution in [3.8, 4) is 5.69 Å². The first-order valence-electron chi connectivity index (χ1n) is 7.34. The fraction of sp³-hybridized carbons (Fsp3) is 0.438. The molecule has 20 heavy (non-hydrogen) atoms. The van der Waals surface area contributed by atoms with Gasteiger partial charge in [0.15, 0.2) is 0 Å². The van der Waals surface area contributed by atoms with E-state index in [1.807, 2.05) is 24.0 Å². The SMILES string of the molecule is CNCC1CCCN1Cc1ccc(-n2cccn2)cc1. The van der Waals surface area contributed by atoms with Gasteiger partial charge in [-0.2, -0.15) is 5.10 Å². The van der Waals surface area contributed by atoms with Gasteiger partial charge in [0.05, 0.1) is 5.69 Å². The van der Waals surface area contributed by atoms with Crippen LogP contribution >= 0.6 is 0 Å². The molecule has 1 aromatic carbocycles. The minimum Gasteiger partial charge on any atom is -0.318 e. The van der Waals surface area contributed by atoms with Crippen LogP contribution in [0.2, 0.25) is 0 Å². The molecule has 1 aliphatic rings.